The normalized spacial score (nSPS) is 10.4. The molecule has 0 unspecified atom stereocenters. The molecule has 0 aliphatic heterocycles. The molecule has 21 heavy (non-hydrogen) atoms. The highest BCUT2D eigenvalue weighted by Crippen LogP contribution is 2.16. The molecule has 1 aromatic carbocycles. The maximum Gasteiger partial charge on any atom is 0.315 e. The summed E-state index contributed by atoms with van der Waals surface area (Å²) < 4.78 is 1.62. The molecular weight excluding hydrogens is 290 g/mol. The van der Waals surface area contributed by atoms with Gasteiger partial charge in [-0.05, 0) is 24.5 Å². The van der Waals surface area contributed by atoms with Gasteiger partial charge in [0.1, 0.15) is 12.2 Å². The van der Waals surface area contributed by atoms with Crippen molar-refractivity contribution in [2.24, 2.45) is 7.05 Å². The molecular formula is C14H18ClN5O. The van der Waals surface area contributed by atoms with Gasteiger partial charge in [0.2, 0.25) is 0 Å². The number of hydrogen-bond acceptors (Lipinski definition) is 3. The molecule has 0 atom stereocenters. The van der Waals surface area contributed by atoms with E-state index in [1.165, 1.54) is 6.33 Å². The number of aromatic nitrogens is 3. The van der Waals surface area contributed by atoms with Crippen molar-refractivity contribution in [3.05, 3.63) is 47.0 Å². The lowest BCUT2D eigenvalue weighted by atomic mass is 10.1. The second-order valence-electron chi connectivity index (χ2n) is 4.60. The molecule has 0 aliphatic rings. The summed E-state index contributed by atoms with van der Waals surface area (Å²) in [4.78, 5) is 15.7. The Balaban J connectivity index is 1.63. The minimum absolute atomic E-state index is 0.211. The van der Waals surface area contributed by atoms with Crippen molar-refractivity contribution in [3.8, 4) is 0 Å². The number of nitrogens with zero attached hydrogens (tertiary/aromatic N) is 3. The highest BCUT2D eigenvalue weighted by molar-refractivity contribution is 6.31. The van der Waals surface area contributed by atoms with Crippen molar-refractivity contribution in [1.82, 2.24) is 25.4 Å². The Bertz CT molecular complexity index is 599. The average molecular weight is 308 g/mol. The molecule has 0 bridgehead atoms. The first-order valence-electron chi connectivity index (χ1n) is 6.75. The molecule has 2 N–H and O–H groups in total. The Morgan fingerprint density at radius 2 is 2.14 bits per heavy atom. The first kappa shape index (κ1) is 15.3. The Morgan fingerprint density at radius 1 is 1.33 bits per heavy atom. The third kappa shape index (κ3) is 4.75. The summed E-state index contributed by atoms with van der Waals surface area (Å²) in [7, 11) is 1.78. The van der Waals surface area contributed by atoms with Crippen LogP contribution in [-0.2, 0) is 20.0 Å². The fourth-order valence-electron chi connectivity index (χ4n) is 1.88. The standard InChI is InChI=1S/C14H18ClN5O/c1-20-13(18-10-19-20)9-17-14(21)16-8-4-6-11-5-2-3-7-12(11)15/h2-3,5,7,10H,4,6,8-9H2,1H3,(H2,16,17,21). The number of urea groups is 1. The largest absolute Gasteiger partial charge is 0.338 e. The van der Waals surface area contributed by atoms with Crippen LogP contribution in [0.25, 0.3) is 0 Å². The van der Waals surface area contributed by atoms with E-state index in [1.807, 2.05) is 24.3 Å². The predicted molar refractivity (Wildman–Crippen MR) is 81.0 cm³/mol. The van der Waals surface area contributed by atoms with Gasteiger partial charge in [-0.15, -0.1) is 0 Å². The fourth-order valence-corrected chi connectivity index (χ4v) is 2.11. The molecule has 0 fully saturated rings. The van der Waals surface area contributed by atoms with Crippen LogP contribution in [0.2, 0.25) is 5.02 Å². The smallest absolute Gasteiger partial charge is 0.315 e. The molecule has 1 heterocycles. The number of hydrogen-bond donors (Lipinski definition) is 2. The van der Waals surface area contributed by atoms with Gasteiger partial charge in [-0.2, -0.15) is 5.10 Å². The maximum absolute atomic E-state index is 11.6. The van der Waals surface area contributed by atoms with Gasteiger partial charge >= 0.3 is 6.03 Å². The summed E-state index contributed by atoms with van der Waals surface area (Å²) >= 11 is 6.07. The van der Waals surface area contributed by atoms with Crippen LogP contribution < -0.4 is 10.6 Å². The number of aryl methyl sites for hydroxylation is 2. The highest BCUT2D eigenvalue weighted by Gasteiger charge is 2.04. The molecule has 0 spiro atoms. The summed E-state index contributed by atoms with van der Waals surface area (Å²) in [5.41, 5.74) is 1.10. The van der Waals surface area contributed by atoms with Crippen LogP contribution >= 0.6 is 11.6 Å². The zero-order valence-electron chi connectivity index (χ0n) is 11.8. The van der Waals surface area contributed by atoms with Crippen LogP contribution in [0.1, 0.15) is 17.8 Å². The number of benzene rings is 1. The molecule has 2 rings (SSSR count). The molecule has 2 aromatic rings. The number of carbonyl (C=O) groups excluding carboxylic acids is 1. The van der Waals surface area contributed by atoms with Gasteiger partial charge in [0.25, 0.3) is 0 Å². The van der Waals surface area contributed by atoms with Crippen molar-refractivity contribution in [1.29, 1.82) is 0 Å². The topological polar surface area (TPSA) is 71.8 Å². The van der Waals surface area contributed by atoms with E-state index in [2.05, 4.69) is 20.7 Å². The van der Waals surface area contributed by atoms with E-state index in [-0.39, 0.29) is 6.03 Å². The van der Waals surface area contributed by atoms with Crippen LogP contribution in [-0.4, -0.2) is 27.3 Å². The van der Waals surface area contributed by atoms with Crippen LogP contribution in [0.3, 0.4) is 0 Å². The van der Waals surface area contributed by atoms with E-state index in [4.69, 9.17) is 11.6 Å². The number of nitrogens with one attached hydrogen (secondary N) is 2. The van der Waals surface area contributed by atoms with Crippen molar-refractivity contribution in [2.45, 2.75) is 19.4 Å². The molecule has 0 saturated carbocycles. The lowest BCUT2D eigenvalue weighted by Gasteiger charge is -2.08. The average Bonchev–Trinajstić information content (AvgIpc) is 2.88. The van der Waals surface area contributed by atoms with Crippen LogP contribution in [0.4, 0.5) is 4.79 Å². The van der Waals surface area contributed by atoms with Gasteiger partial charge in [-0.25, -0.2) is 9.78 Å². The minimum Gasteiger partial charge on any atom is -0.338 e. The van der Waals surface area contributed by atoms with Gasteiger partial charge in [0.15, 0.2) is 0 Å². The van der Waals surface area contributed by atoms with Crippen molar-refractivity contribution in [2.75, 3.05) is 6.54 Å². The Hall–Kier alpha value is -2.08. The molecule has 112 valence electrons. The fraction of sp³-hybridized carbons (Fsp3) is 0.357. The number of halogens is 1. The summed E-state index contributed by atoms with van der Waals surface area (Å²) in [5.74, 6) is 0.709. The first-order valence-corrected chi connectivity index (χ1v) is 7.12. The molecule has 1 aromatic heterocycles. The lowest BCUT2D eigenvalue weighted by Crippen LogP contribution is -2.36. The Labute approximate surface area is 128 Å². The summed E-state index contributed by atoms with van der Waals surface area (Å²) in [6.07, 6.45) is 3.13. The van der Waals surface area contributed by atoms with Crippen molar-refractivity contribution < 1.29 is 4.79 Å². The third-order valence-corrected chi connectivity index (χ3v) is 3.45. The Morgan fingerprint density at radius 3 is 2.86 bits per heavy atom. The van der Waals surface area contributed by atoms with Crippen LogP contribution in [0.15, 0.2) is 30.6 Å². The van der Waals surface area contributed by atoms with Gasteiger partial charge < -0.3 is 10.6 Å². The highest BCUT2D eigenvalue weighted by atomic mass is 35.5. The van der Waals surface area contributed by atoms with E-state index in [0.717, 1.165) is 23.4 Å². The Kier molecular flexibility index (Phi) is 5.57. The predicted octanol–water partition coefficient (Wildman–Crippen LogP) is 1.90. The van der Waals surface area contributed by atoms with Gasteiger partial charge in [0.05, 0.1) is 6.54 Å². The summed E-state index contributed by atoms with van der Waals surface area (Å²) in [5, 5.41) is 10.2. The number of rotatable bonds is 6. The SMILES string of the molecule is Cn1ncnc1CNC(=O)NCCCc1ccccc1Cl. The zero-order valence-corrected chi connectivity index (χ0v) is 12.6. The maximum atomic E-state index is 11.6. The number of carbonyl (C=O) groups is 1. The van der Waals surface area contributed by atoms with E-state index in [0.29, 0.717) is 18.9 Å². The minimum atomic E-state index is -0.211. The van der Waals surface area contributed by atoms with E-state index in [1.54, 1.807) is 11.7 Å². The number of amides is 2. The van der Waals surface area contributed by atoms with E-state index in [9.17, 15) is 4.79 Å². The second kappa shape index (κ2) is 7.64. The molecule has 0 aliphatic carbocycles. The first-order chi connectivity index (χ1) is 10.2. The molecule has 2 amide bonds. The van der Waals surface area contributed by atoms with Crippen LogP contribution in [0.5, 0.6) is 0 Å². The molecule has 7 heteroatoms. The summed E-state index contributed by atoms with van der Waals surface area (Å²) in [6.45, 7) is 0.947. The van der Waals surface area contributed by atoms with E-state index < -0.39 is 0 Å². The van der Waals surface area contributed by atoms with Gasteiger partial charge in [-0.3, -0.25) is 4.68 Å². The summed E-state index contributed by atoms with van der Waals surface area (Å²) in [6, 6.07) is 7.53. The zero-order chi connectivity index (χ0) is 15.1. The van der Waals surface area contributed by atoms with Crippen LogP contribution in [0, 0.1) is 0 Å². The monoisotopic (exact) mass is 307 g/mol. The molecule has 6 nitrogen and oxygen atoms in total. The van der Waals surface area contributed by atoms with Crippen molar-refractivity contribution >= 4 is 17.6 Å². The van der Waals surface area contributed by atoms with E-state index >= 15 is 0 Å². The third-order valence-electron chi connectivity index (χ3n) is 3.08. The van der Waals surface area contributed by atoms with Gasteiger partial charge in [0, 0.05) is 18.6 Å². The van der Waals surface area contributed by atoms with Gasteiger partial charge in [-0.1, -0.05) is 29.8 Å². The quantitative estimate of drug-likeness (QED) is 0.801. The molecule has 0 saturated heterocycles. The molecule has 0 radical (unpaired) electrons. The van der Waals surface area contributed by atoms with Crippen molar-refractivity contribution in [3.63, 3.8) is 0 Å². The second-order valence-corrected chi connectivity index (χ2v) is 5.01. The lowest BCUT2D eigenvalue weighted by molar-refractivity contribution is 0.240.